The number of hydrogen-bond acceptors (Lipinski definition) is 4. The molecule has 0 aliphatic rings. The van der Waals surface area contributed by atoms with E-state index in [4.69, 9.17) is 0 Å². The minimum absolute atomic E-state index is 0.00420. The first-order chi connectivity index (χ1) is 9.02. The van der Waals surface area contributed by atoms with Crippen molar-refractivity contribution in [2.75, 3.05) is 12.9 Å². The molecule has 5 heteroatoms. The Morgan fingerprint density at radius 2 is 1.79 bits per heavy atom. The average molecular weight is 282 g/mol. The number of ether oxygens (including phenoxy) is 1. The number of aryl methyl sites for hydroxylation is 1. The Labute approximate surface area is 115 Å². The minimum Gasteiger partial charge on any atom is -0.469 e. The predicted molar refractivity (Wildman–Crippen MR) is 73.3 cm³/mol. The normalized spacial score (nSPS) is 11.9. The van der Waals surface area contributed by atoms with Crippen LogP contribution < -0.4 is 0 Å². The minimum atomic E-state index is -1.30. The maximum Gasteiger partial charge on any atom is 0.305 e. The molecule has 0 bridgehead atoms. The molecule has 1 aromatic carbocycles. The molecule has 1 rings (SSSR count). The molecule has 1 atom stereocenters. The van der Waals surface area contributed by atoms with E-state index in [1.54, 1.807) is 12.1 Å². The lowest BCUT2D eigenvalue weighted by molar-refractivity contribution is -0.140. The van der Waals surface area contributed by atoms with Gasteiger partial charge in [-0.3, -0.25) is 13.8 Å². The SMILES string of the molecule is COC(=O)CCCC(=O)CS(=O)c1ccc(C)cc1. The third-order valence-corrected chi connectivity index (χ3v) is 4.02. The summed E-state index contributed by atoms with van der Waals surface area (Å²) in [7, 11) is 0.0126. The van der Waals surface area contributed by atoms with Crippen molar-refractivity contribution in [1.82, 2.24) is 0 Å². The molecule has 0 spiro atoms. The van der Waals surface area contributed by atoms with E-state index in [0.717, 1.165) is 5.56 Å². The van der Waals surface area contributed by atoms with Gasteiger partial charge < -0.3 is 4.74 Å². The van der Waals surface area contributed by atoms with Gasteiger partial charge in [0.25, 0.3) is 0 Å². The van der Waals surface area contributed by atoms with E-state index in [0.29, 0.717) is 11.3 Å². The number of rotatable bonds is 7. The highest BCUT2D eigenvalue weighted by molar-refractivity contribution is 7.85. The zero-order valence-corrected chi connectivity index (χ0v) is 12.0. The van der Waals surface area contributed by atoms with Crippen LogP contribution in [0.15, 0.2) is 29.2 Å². The Morgan fingerprint density at radius 1 is 1.16 bits per heavy atom. The monoisotopic (exact) mass is 282 g/mol. The second-order valence-corrected chi connectivity index (χ2v) is 5.72. The molecule has 0 amide bonds. The van der Waals surface area contributed by atoms with Gasteiger partial charge in [-0.2, -0.15) is 0 Å². The maximum atomic E-state index is 11.9. The first kappa shape index (κ1) is 15.6. The van der Waals surface area contributed by atoms with Crippen LogP contribution in [0.4, 0.5) is 0 Å². The van der Waals surface area contributed by atoms with Crippen LogP contribution >= 0.6 is 0 Å². The lowest BCUT2D eigenvalue weighted by Gasteiger charge is -2.03. The lowest BCUT2D eigenvalue weighted by atomic mass is 10.2. The molecular weight excluding hydrogens is 264 g/mol. The number of carbonyl (C=O) groups is 2. The van der Waals surface area contributed by atoms with Gasteiger partial charge in [-0.05, 0) is 25.5 Å². The van der Waals surface area contributed by atoms with Crippen LogP contribution in [-0.2, 0) is 25.1 Å². The Balaban J connectivity index is 2.38. The van der Waals surface area contributed by atoms with E-state index in [1.807, 2.05) is 19.1 Å². The summed E-state index contributed by atoms with van der Waals surface area (Å²) in [6.45, 7) is 1.95. The summed E-state index contributed by atoms with van der Waals surface area (Å²) in [5, 5.41) is 0. The Bertz CT molecular complexity index is 465. The fraction of sp³-hybridized carbons (Fsp3) is 0.429. The van der Waals surface area contributed by atoms with E-state index in [-0.39, 0.29) is 30.3 Å². The number of ketones is 1. The van der Waals surface area contributed by atoms with E-state index in [9.17, 15) is 13.8 Å². The van der Waals surface area contributed by atoms with E-state index in [1.165, 1.54) is 7.11 Å². The zero-order valence-electron chi connectivity index (χ0n) is 11.2. The van der Waals surface area contributed by atoms with Gasteiger partial charge in [0.15, 0.2) is 0 Å². The molecule has 0 N–H and O–H groups in total. The van der Waals surface area contributed by atoms with Crippen molar-refractivity contribution in [3.63, 3.8) is 0 Å². The van der Waals surface area contributed by atoms with Crippen LogP contribution in [0.2, 0.25) is 0 Å². The molecule has 4 nitrogen and oxygen atoms in total. The highest BCUT2D eigenvalue weighted by Crippen LogP contribution is 2.09. The van der Waals surface area contributed by atoms with Crippen molar-refractivity contribution >= 4 is 22.6 Å². The summed E-state index contributed by atoms with van der Waals surface area (Å²) in [6, 6.07) is 7.28. The van der Waals surface area contributed by atoms with E-state index in [2.05, 4.69) is 4.74 Å². The first-order valence-corrected chi connectivity index (χ1v) is 7.38. The topological polar surface area (TPSA) is 60.4 Å². The third-order valence-electron chi connectivity index (χ3n) is 2.64. The van der Waals surface area contributed by atoms with Crippen molar-refractivity contribution in [2.24, 2.45) is 0 Å². The summed E-state index contributed by atoms with van der Waals surface area (Å²) >= 11 is 0. The number of carbonyl (C=O) groups excluding carboxylic acids is 2. The smallest absolute Gasteiger partial charge is 0.305 e. The van der Waals surface area contributed by atoms with Gasteiger partial charge >= 0.3 is 5.97 Å². The third kappa shape index (κ3) is 5.79. The Morgan fingerprint density at radius 3 is 2.37 bits per heavy atom. The number of hydrogen-bond donors (Lipinski definition) is 0. The lowest BCUT2D eigenvalue weighted by Crippen LogP contribution is -2.11. The van der Waals surface area contributed by atoms with Crippen LogP contribution in [0.3, 0.4) is 0 Å². The van der Waals surface area contributed by atoms with Crippen molar-refractivity contribution < 1.29 is 18.5 Å². The van der Waals surface area contributed by atoms with Gasteiger partial charge in [0.2, 0.25) is 0 Å². The van der Waals surface area contributed by atoms with Gasteiger partial charge in [-0.1, -0.05) is 17.7 Å². The molecule has 0 aliphatic carbocycles. The van der Waals surface area contributed by atoms with E-state index < -0.39 is 10.8 Å². The van der Waals surface area contributed by atoms with Crippen molar-refractivity contribution in [1.29, 1.82) is 0 Å². The van der Waals surface area contributed by atoms with E-state index >= 15 is 0 Å². The Kier molecular flexibility index (Phi) is 6.42. The standard InChI is InChI=1S/C14H18O4S/c1-11-6-8-13(9-7-11)19(17)10-12(15)4-3-5-14(16)18-2/h6-9H,3-5,10H2,1-2H3. The molecule has 0 saturated carbocycles. The van der Waals surface area contributed by atoms with Gasteiger partial charge in [0.05, 0.1) is 23.7 Å². The van der Waals surface area contributed by atoms with Crippen LogP contribution in [0, 0.1) is 6.92 Å². The van der Waals surface area contributed by atoms with Gasteiger partial charge in [-0.25, -0.2) is 0 Å². The molecular formula is C14H18O4S. The highest BCUT2D eigenvalue weighted by Gasteiger charge is 2.11. The summed E-state index contributed by atoms with van der Waals surface area (Å²) < 4.78 is 16.4. The van der Waals surface area contributed by atoms with Crippen molar-refractivity contribution in [3.05, 3.63) is 29.8 Å². The van der Waals surface area contributed by atoms with Crippen LogP contribution in [0.5, 0.6) is 0 Å². The molecule has 0 saturated heterocycles. The number of esters is 1. The molecule has 1 unspecified atom stereocenters. The molecule has 0 radical (unpaired) electrons. The second-order valence-electron chi connectivity index (χ2n) is 4.27. The summed E-state index contributed by atoms with van der Waals surface area (Å²) in [5.74, 6) is -0.417. The van der Waals surface area contributed by atoms with Crippen LogP contribution in [0.1, 0.15) is 24.8 Å². The molecule has 0 aromatic heterocycles. The van der Waals surface area contributed by atoms with Gasteiger partial charge in [0, 0.05) is 17.7 Å². The second kappa shape index (κ2) is 7.84. The molecule has 0 fully saturated rings. The summed E-state index contributed by atoms with van der Waals surface area (Å²) in [6.07, 6.45) is 0.919. The molecule has 0 heterocycles. The van der Waals surface area contributed by atoms with Gasteiger partial charge in [0.1, 0.15) is 5.78 Å². The van der Waals surface area contributed by atoms with Crippen molar-refractivity contribution in [2.45, 2.75) is 31.1 Å². The Hall–Kier alpha value is -1.49. The summed E-state index contributed by atoms with van der Waals surface area (Å²) in [5.41, 5.74) is 1.09. The fourth-order valence-corrected chi connectivity index (χ4v) is 2.57. The maximum absolute atomic E-state index is 11.9. The van der Waals surface area contributed by atoms with Crippen LogP contribution in [-0.4, -0.2) is 28.8 Å². The molecule has 104 valence electrons. The predicted octanol–water partition coefficient (Wildman–Crippen LogP) is 2.02. The first-order valence-electron chi connectivity index (χ1n) is 6.06. The quantitative estimate of drug-likeness (QED) is 0.718. The number of Topliss-reactive ketones (excluding diaryl/α,β-unsaturated/α-hetero) is 1. The van der Waals surface area contributed by atoms with Crippen LogP contribution in [0.25, 0.3) is 0 Å². The van der Waals surface area contributed by atoms with Gasteiger partial charge in [-0.15, -0.1) is 0 Å². The van der Waals surface area contributed by atoms with Crippen molar-refractivity contribution in [3.8, 4) is 0 Å². The zero-order chi connectivity index (χ0) is 14.3. The summed E-state index contributed by atoms with van der Waals surface area (Å²) in [4.78, 5) is 23.2. The molecule has 1 aromatic rings. The number of methoxy groups -OCH3 is 1. The number of benzene rings is 1. The highest BCUT2D eigenvalue weighted by atomic mass is 32.2. The fourth-order valence-electron chi connectivity index (χ4n) is 1.52. The molecule has 0 aliphatic heterocycles. The largest absolute Gasteiger partial charge is 0.469 e. The molecule has 19 heavy (non-hydrogen) atoms. The average Bonchev–Trinajstić information content (AvgIpc) is 2.39.